The van der Waals surface area contributed by atoms with Gasteiger partial charge in [0.1, 0.15) is 5.76 Å². The molecular formula is C18H16N2O5S. The second-order valence-electron chi connectivity index (χ2n) is 5.55. The van der Waals surface area contributed by atoms with Crippen molar-refractivity contribution in [3.05, 3.63) is 72.2 Å². The molecule has 0 aliphatic carbocycles. The number of nitrogens with one attached hydrogen (secondary N) is 1. The minimum atomic E-state index is -4.16. The Bertz CT molecular complexity index is 1030. The van der Waals surface area contributed by atoms with E-state index in [1.807, 2.05) is 0 Å². The average Bonchev–Trinajstić information content (AvgIpc) is 3.12. The number of furan rings is 1. The fourth-order valence-electron chi connectivity index (χ4n) is 2.60. The van der Waals surface area contributed by atoms with Gasteiger partial charge in [-0.05, 0) is 29.8 Å². The number of sulfonamides is 1. The molecule has 134 valence electrons. The molecule has 0 bridgehead atoms. The van der Waals surface area contributed by atoms with E-state index in [0.717, 1.165) is 6.07 Å². The first-order valence-electron chi connectivity index (χ1n) is 7.62. The van der Waals surface area contributed by atoms with Crippen LogP contribution in [0.15, 0.2) is 70.2 Å². The standard InChI is InChI=1S/C18H16N2O5S/c19-26(23,24)16-10-13(18(21)22)9-15(20-11-14-7-4-8-25-14)17(16)12-5-2-1-3-6-12/h1-10,20H,11H2,(H,21,22)(H2,19,23,24). The van der Waals surface area contributed by atoms with Gasteiger partial charge in [0.05, 0.1) is 23.3 Å². The van der Waals surface area contributed by atoms with Gasteiger partial charge < -0.3 is 14.8 Å². The van der Waals surface area contributed by atoms with E-state index in [9.17, 15) is 18.3 Å². The van der Waals surface area contributed by atoms with Crippen LogP contribution >= 0.6 is 0 Å². The van der Waals surface area contributed by atoms with Crippen LogP contribution in [0.4, 0.5) is 5.69 Å². The van der Waals surface area contributed by atoms with Crippen molar-refractivity contribution < 1.29 is 22.7 Å². The summed E-state index contributed by atoms with van der Waals surface area (Å²) in [4.78, 5) is 11.2. The maximum atomic E-state index is 12.1. The lowest BCUT2D eigenvalue weighted by Crippen LogP contribution is -2.16. The van der Waals surface area contributed by atoms with Crippen LogP contribution in [0.25, 0.3) is 11.1 Å². The van der Waals surface area contributed by atoms with Crippen molar-refractivity contribution in [2.24, 2.45) is 5.14 Å². The molecule has 7 nitrogen and oxygen atoms in total. The van der Waals surface area contributed by atoms with Gasteiger partial charge in [0.25, 0.3) is 0 Å². The van der Waals surface area contributed by atoms with Crippen molar-refractivity contribution in [2.75, 3.05) is 5.32 Å². The van der Waals surface area contributed by atoms with Gasteiger partial charge in [0.15, 0.2) is 0 Å². The third-order valence-corrected chi connectivity index (χ3v) is 4.69. The second kappa shape index (κ2) is 7.03. The molecule has 1 heterocycles. The Morgan fingerprint density at radius 2 is 1.85 bits per heavy atom. The minimum Gasteiger partial charge on any atom is -0.478 e. The number of carboxylic acid groups (broad SMARTS) is 1. The van der Waals surface area contributed by atoms with Crippen LogP contribution in [0.2, 0.25) is 0 Å². The Morgan fingerprint density at radius 1 is 1.12 bits per heavy atom. The third kappa shape index (κ3) is 3.76. The summed E-state index contributed by atoms with van der Waals surface area (Å²) in [6, 6.07) is 14.7. The Labute approximate surface area is 150 Å². The molecule has 0 aliphatic heterocycles. The van der Waals surface area contributed by atoms with Gasteiger partial charge in [0.2, 0.25) is 10.0 Å². The highest BCUT2D eigenvalue weighted by molar-refractivity contribution is 7.89. The van der Waals surface area contributed by atoms with E-state index in [4.69, 9.17) is 9.56 Å². The van der Waals surface area contributed by atoms with Crippen LogP contribution in [0, 0.1) is 0 Å². The van der Waals surface area contributed by atoms with Gasteiger partial charge in [-0.1, -0.05) is 30.3 Å². The predicted molar refractivity (Wildman–Crippen MR) is 96.2 cm³/mol. The quantitative estimate of drug-likeness (QED) is 0.611. The summed E-state index contributed by atoms with van der Waals surface area (Å²) in [5, 5.41) is 17.7. The summed E-state index contributed by atoms with van der Waals surface area (Å²) in [5.74, 6) is -0.641. The first kappa shape index (κ1) is 17.7. The highest BCUT2D eigenvalue weighted by atomic mass is 32.2. The maximum absolute atomic E-state index is 12.1. The zero-order valence-corrected chi connectivity index (χ0v) is 14.4. The SMILES string of the molecule is NS(=O)(=O)c1cc(C(=O)O)cc(NCc2ccco2)c1-c1ccccc1. The molecule has 3 aromatic rings. The second-order valence-corrected chi connectivity index (χ2v) is 7.08. The summed E-state index contributed by atoms with van der Waals surface area (Å²) in [6.45, 7) is 0.250. The van der Waals surface area contributed by atoms with E-state index in [1.165, 1.54) is 12.3 Å². The van der Waals surface area contributed by atoms with Gasteiger partial charge in [0, 0.05) is 11.3 Å². The minimum absolute atomic E-state index is 0.185. The van der Waals surface area contributed by atoms with E-state index in [1.54, 1.807) is 42.5 Å². The van der Waals surface area contributed by atoms with Crippen molar-refractivity contribution in [3.63, 3.8) is 0 Å². The van der Waals surface area contributed by atoms with Crippen molar-refractivity contribution in [3.8, 4) is 11.1 Å². The number of carboxylic acids is 1. The predicted octanol–water partition coefficient (Wildman–Crippen LogP) is 2.90. The number of primary sulfonamides is 1. The lowest BCUT2D eigenvalue weighted by Gasteiger charge is -2.16. The van der Waals surface area contributed by atoms with E-state index >= 15 is 0 Å². The van der Waals surface area contributed by atoms with Crippen molar-refractivity contribution in [1.29, 1.82) is 0 Å². The molecule has 0 saturated carbocycles. The van der Waals surface area contributed by atoms with Gasteiger partial charge in [-0.3, -0.25) is 0 Å². The lowest BCUT2D eigenvalue weighted by molar-refractivity contribution is 0.0696. The molecule has 0 aliphatic rings. The topological polar surface area (TPSA) is 123 Å². The molecule has 2 aromatic carbocycles. The average molecular weight is 372 g/mol. The van der Waals surface area contributed by atoms with Gasteiger partial charge in [-0.15, -0.1) is 0 Å². The molecule has 0 saturated heterocycles. The Balaban J connectivity index is 2.21. The first-order chi connectivity index (χ1) is 12.4. The fourth-order valence-corrected chi connectivity index (χ4v) is 3.40. The van der Waals surface area contributed by atoms with Crippen molar-refractivity contribution in [2.45, 2.75) is 11.4 Å². The maximum Gasteiger partial charge on any atom is 0.335 e. The number of hydrogen-bond acceptors (Lipinski definition) is 5. The smallest absolute Gasteiger partial charge is 0.335 e. The van der Waals surface area contributed by atoms with Crippen LogP contribution in [0.1, 0.15) is 16.1 Å². The third-order valence-electron chi connectivity index (χ3n) is 3.75. The Kier molecular flexibility index (Phi) is 4.79. The molecule has 3 rings (SSSR count). The molecule has 1 aromatic heterocycles. The summed E-state index contributed by atoms with van der Waals surface area (Å²) in [6.07, 6.45) is 1.51. The molecule has 8 heteroatoms. The summed E-state index contributed by atoms with van der Waals surface area (Å²) < 4.78 is 29.5. The number of carbonyl (C=O) groups is 1. The van der Waals surface area contributed by atoms with Crippen molar-refractivity contribution >= 4 is 21.7 Å². The van der Waals surface area contributed by atoms with Gasteiger partial charge >= 0.3 is 5.97 Å². The highest BCUT2D eigenvalue weighted by Gasteiger charge is 2.22. The largest absolute Gasteiger partial charge is 0.478 e. The molecule has 0 radical (unpaired) electrons. The molecule has 0 fully saturated rings. The van der Waals surface area contributed by atoms with Crippen LogP contribution in [0.3, 0.4) is 0 Å². The summed E-state index contributed by atoms with van der Waals surface area (Å²) in [5.41, 5.74) is 1.05. The number of benzene rings is 2. The monoisotopic (exact) mass is 372 g/mol. The molecule has 4 N–H and O–H groups in total. The molecule has 26 heavy (non-hydrogen) atoms. The zero-order valence-electron chi connectivity index (χ0n) is 13.5. The number of hydrogen-bond donors (Lipinski definition) is 3. The van der Waals surface area contributed by atoms with E-state index in [-0.39, 0.29) is 17.0 Å². The van der Waals surface area contributed by atoms with E-state index in [0.29, 0.717) is 22.6 Å². The fraction of sp³-hybridized carbons (Fsp3) is 0.0556. The van der Waals surface area contributed by atoms with Crippen LogP contribution in [0.5, 0.6) is 0 Å². The lowest BCUT2D eigenvalue weighted by atomic mass is 10.0. The van der Waals surface area contributed by atoms with Crippen molar-refractivity contribution in [1.82, 2.24) is 0 Å². The number of aromatic carboxylic acids is 1. The van der Waals surface area contributed by atoms with Crippen LogP contribution in [-0.2, 0) is 16.6 Å². The molecule has 0 atom stereocenters. The molecule has 0 amide bonds. The van der Waals surface area contributed by atoms with Gasteiger partial charge in [-0.25, -0.2) is 18.4 Å². The highest BCUT2D eigenvalue weighted by Crippen LogP contribution is 2.35. The number of rotatable bonds is 6. The number of anilines is 1. The van der Waals surface area contributed by atoms with E-state index in [2.05, 4.69) is 5.32 Å². The number of nitrogens with two attached hydrogens (primary N) is 1. The normalized spacial score (nSPS) is 11.3. The molecular weight excluding hydrogens is 356 g/mol. The first-order valence-corrected chi connectivity index (χ1v) is 9.16. The summed E-state index contributed by atoms with van der Waals surface area (Å²) >= 11 is 0. The zero-order chi connectivity index (χ0) is 18.7. The summed E-state index contributed by atoms with van der Waals surface area (Å²) in [7, 11) is -4.16. The molecule has 0 spiro atoms. The van der Waals surface area contributed by atoms with Gasteiger partial charge in [-0.2, -0.15) is 0 Å². The molecule has 0 unspecified atom stereocenters. The van der Waals surface area contributed by atoms with Crippen LogP contribution in [-0.4, -0.2) is 19.5 Å². The van der Waals surface area contributed by atoms with Crippen LogP contribution < -0.4 is 10.5 Å². The Hall–Kier alpha value is -3.10. The Morgan fingerprint density at radius 3 is 2.42 bits per heavy atom. The van der Waals surface area contributed by atoms with E-state index < -0.39 is 16.0 Å².